The number of benzene rings is 1. The van der Waals surface area contributed by atoms with Crippen LogP contribution in [0.25, 0.3) is 0 Å². The van der Waals surface area contributed by atoms with Crippen molar-refractivity contribution in [3.05, 3.63) is 30.3 Å². The monoisotopic (exact) mass is 253 g/mol. The van der Waals surface area contributed by atoms with E-state index in [1.54, 1.807) is 0 Å². The predicted octanol–water partition coefficient (Wildman–Crippen LogP) is 1.11. The van der Waals surface area contributed by atoms with Crippen LogP contribution in [0.1, 0.15) is 13.3 Å². The highest BCUT2D eigenvalue weighted by Gasteiger charge is 2.02. The van der Waals surface area contributed by atoms with E-state index in [1.165, 1.54) is 0 Å². The SMILES string of the molecule is CCCN=C(N)NCCS(=O)c1ccccc1. The van der Waals surface area contributed by atoms with E-state index in [1.807, 2.05) is 37.3 Å². The first-order valence-electron chi connectivity index (χ1n) is 5.71. The molecule has 4 nitrogen and oxygen atoms in total. The van der Waals surface area contributed by atoms with Crippen molar-refractivity contribution < 1.29 is 4.21 Å². The third kappa shape index (κ3) is 5.49. The lowest BCUT2D eigenvalue weighted by Gasteiger charge is -2.05. The Hall–Kier alpha value is -1.36. The molecule has 1 atom stereocenters. The molecule has 0 aromatic heterocycles. The molecule has 3 N–H and O–H groups in total. The molecule has 94 valence electrons. The zero-order valence-electron chi connectivity index (χ0n) is 10.1. The molecule has 0 aliphatic rings. The maximum atomic E-state index is 11.8. The van der Waals surface area contributed by atoms with Crippen molar-refractivity contribution >= 4 is 16.8 Å². The van der Waals surface area contributed by atoms with Crippen molar-refractivity contribution in [1.82, 2.24) is 5.32 Å². The minimum absolute atomic E-state index is 0.428. The van der Waals surface area contributed by atoms with Gasteiger partial charge >= 0.3 is 0 Å². The van der Waals surface area contributed by atoms with Gasteiger partial charge in [0.25, 0.3) is 0 Å². The summed E-state index contributed by atoms with van der Waals surface area (Å²) in [5.74, 6) is 0.962. The van der Waals surface area contributed by atoms with E-state index < -0.39 is 10.8 Å². The first-order chi connectivity index (χ1) is 8.24. The van der Waals surface area contributed by atoms with Gasteiger partial charge in [0.2, 0.25) is 0 Å². The van der Waals surface area contributed by atoms with Gasteiger partial charge in [0.1, 0.15) is 0 Å². The fourth-order valence-electron chi connectivity index (χ4n) is 1.25. The highest BCUT2D eigenvalue weighted by atomic mass is 32.2. The molecule has 0 aliphatic heterocycles. The lowest BCUT2D eigenvalue weighted by atomic mass is 10.4. The number of aliphatic imine (C=N–C) groups is 1. The molecule has 1 unspecified atom stereocenters. The van der Waals surface area contributed by atoms with Crippen LogP contribution in [0.5, 0.6) is 0 Å². The average molecular weight is 253 g/mol. The number of hydrogen-bond donors (Lipinski definition) is 2. The van der Waals surface area contributed by atoms with Gasteiger partial charge in [-0.2, -0.15) is 0 Å². The number of nitrogens with two attached hydrogens (primary N) is 1. The molecule has 0 saturated carbocycles. The van der Waals surface area contributed by atoms with Crippen molar-refractivity contribution in [2.45, 2.75) is 18.2 Å². The zero-order chi connectivity index (χ0) is 12.5. The van der Waals surface area contributed by atoms with Crippen LogP contribution < -0.4 is 11.1 Å². The third-order valence-electron chi connectivity index (χ3n) is 2.11. The Morgan fingerprint density at radius 1 is 1.41 bits per heavy atom. The lowest BCUT2D eigenvalue weighted by molar-refractivity contribution is 0.681. The van der Waals surface area contributed by atoms with Crippen LogP contribution in [-0.2, 0) is 10.8 Å². The molecular formula is C12H19N3OS. The highest BCUT2D eigenvalue weighted by molar-refractivity contribution is 7.85. The van der Waals surface area contributed by atoms with Crippen LogP contribution in [0, 0.1) is 0 Å². The van der Waals surface area contributed by atoms with Gasteiger partial charge in [-0.15, -0.1) is 0 Å². The minimum atomic E-state index is -0.979. The van der Waals surface area contributed by atoms with Crippen LogP contribution in [0.3, 0.4) is 0 Å². The second kappa shape index (κ2) is 7.84. The molecule has 0 heterocycles. The normalized spacial score (nSPS) is 13.4. The van der Waals surface area contributed by atoms with Gasteiger partial charge in [-0.1, -0.05) is 25.1 Å². The summed E-state index contributed by atoms with van der Waals surface area (Å²) in [5, 5.41) is 2.95. The molecule has 0 spiro atoms. The molecule has 0 radical (unpaired) electrons. The Kier molecular flexibility index (Phi) is 6.32. The summed E-state index contributed by atoms with van der Waals surface area (Å²) in [4.78, 5) is 4.94. The van der Waals surface area contributed by atoms with E-state index in [4.69, 9.17) is 5.73 Å². The summed E-state index contributed by atoms with van der Waals surface area (Å²) < 4.78 is 11.8. The van der Waals surface area contributed by atoms with Crippen LogP contribution in [0.4, 0.5) is 0 Å². The molecule has 1 aromatic carbocycles. The summed E-state index contributed by atoms with van der Waals surface area (Å²) in [6, 6.07) is 9.42. The number of nitrogens with one attached hydrogen (secondary N) is 1. The quantitative estimate of drug-likeness (QED) is 0.589. The van der Waals surface area contributed by atoms with Crippen LogP contribution in [-0.4, -0.2) is 29.0 Å². The molecule has 1 aromatic rings. The second-order valence-corrected chi connectivity index (χ2v) is 5.13. The number of guanidine groups is 1. The second-order valence-electron chi connectivity index (χ2n) is 3.56. The number of hydrogen-bond acceptors (Lipinski definition) is 2. The van der Waals surface area contributed by atoms with Crippen molar-refractivity contribution in [2.75, 3.05) is 18.8 Å². The van der Waals surface area contributed by atoms with E-state index in [0.29, 0.717) is 18.3 Å². The molecule has 0 bridgehead atoms. The maximum absolute atomic E-state index is 11.8. The lowest BCUT2D eigenvalue weighted by Crippen LogP contribution is -2.34. The molecule has 17 heavy (non-hydrogen) atoms. The van der Waals surface area contributed by atoms with E-state index in [0.717, 1.165) is 17.9 Å². The van der Waals surface area contributed by atoms with Crippen molar-refractivity contribution in [3.63, 3.8) is 0 Å². The van der Waals surface area contributed by atoms with Gasteiger partial charge in [-0.25, -0.2) is 0 Å². The zero-order valence-corrected chi connectivity index (χ0v) is 10.9. The molecule has 0 fully saturated rings. The van der Waals surface area contributed by atoms with E-state index in [2.05, 4.69) is 10.3 Å². The van der Waals surface area contributed by atoms with Gasteiger partial charge in [0.05, 0.1) is 10.8 Å². The average Bonchev–Trinajstić information content (AvgIpc) is 2.37. The Balaban J connectivity index is 2.30. The third-order valence-corrected chi connectivity index (χ3v) is 3.48. The van der Waals surface area contributed by atoms with Crippen LogP contribution in [0.15, 0.2) is 40.2 Å². The Labute approximate surface area is 105 Å². The molecule has 0 aliphatic carbocycles. The topological polar surface area (TPSA) is 67.5 Å². The first kappa shape index (κ1) is 13.7. The van der Waals surface area contributed by atoms with E-state index >= 15 is 0 Å². The van der Waals surface area contributed by atoms with Crippen molar-refractivity contribution in [2.24, 2.45) is 10.7 Å². The molecule has 0 saturated heterocycles. The summed E-state index contributed by atoms with van der Waals surface area (Å²) >= 11 is 0. The highest BCUT2D eigenvalue weighted by Crippen LogP contribution is 2.04. The molecule has 0 amide bonds. The van der Waals surface area contributed by atoms with E-state index in [9.17, 15) is 4.21 Å². The van der Waals surface area contributed by atoms with Crippen molar-refractivity contribution in [1.29, 1.82) is 0 Å². The van der Waals surface area contributed by atoms with Gasteiger partial charge in [0.15, 0.2) is 5.96 Å². The standard InChI is InChI=1S/C12H19N3OS/c1-2-8-14-12(13)15-9-10-17(16)11-6-4-3-5-7-11/h3-7H,2,8-10H2,1H3,(H3,13,14,15). The fraction of sp³-hybridized carbons (Fsp3) is 0.417. The summed E-state index contributed by atoms with van der Waals surface area (Å²) in [5.41, 5.74) is 5.62. The Morgan fingerprint density at radius 3 is 2.76 bits per heavy atom. The summed E-state index contributed by atoms with van der Waals surface area (Å²) in [6.07, 6.45) is 0.971. The Morgan fingerprint density at radius 2 is 2.12 bits per heavy atom. The van der Waals surface area contributed by atoms with Gasteiger partial charge in [-0.3, -0.25) is 9.20 Å². The predicted molar refractivity (Wildman–Crippen MR) is 72.5 cm³/mol. The van der Waals surface area contributed by atoms with Gasteiger partial charge in [-0.05, 0) is 18.6 Å². The fourth-order valence-corrected chi connectivity index (χ4v) is 2.23. The number of nitrogens with zero attached hydrogens (tertiary/aromatic N) is 1. The number of rotatable bonds is 6. The van der Waals surface area contributed by atoms with Crippen LogP contribution >= 0.6 is 0 Å². The maximum Gasteiger partial charge on any atom is 0.188 e. The minimum Gasteiger partial charge on any atom is -0.370 e. The smallest absolute Gasteiger partial charge is 0.188 e. The summed E-state index contributed by atoms with van der Waals surface area (Å²) in [7, 11) is -0.979. The van der Waals surface area contributed by atoms with Crippen molar-refractivity contribution in [3.8, 4) is 0 Å². The van der Waals surface area contributed by atoms with Gasteiger partial charge in [0, 0.05) is 23.7 Å². The Bertz CT molecular complexity index is 379. The largest absolute Gasteiger partial charge is 0.370 e. The molecule has 5 heteroatoms. The first-order valence-corrected chi connectivity index (χ1v) is 7.03. The molecule has 1 rings (SSSR count). The van der Waals surface area contributed by atoms with Gasteiger partial charge < -0.3 is 11.1 Å². The van der Waals surface area contributed by atoms with E-state index in [-0.39, 0.29) is 0 Å². The molecular weight excluding hydrogens is 234 g/mol. The van der Waals surface area contributed by atoms with Crippen LogP contribution in [0.2, 0.25) is 0 Å². The summed E-state index contributed by atoms with van der Waals surface area (Å²) in [6.45, 7) is 3.34.